The topological polar surface area (TPSA) is 86.3 Å². The molecule has 31 heavy (non-hydrogen) atoms. The van der Waals surface area contributed by atoms with E-state index in [0.29, 0.717) is 58.8 Å². The lowest BCUT2D eigenvalue weighted by Gasteiger charge is -2.28. The first-order chi connectivity index (χ1) is 14.7. The fourth-order valence-corrected chi connectivity index (χ4v) is 2.84. The number of amides is 1. The fraction of sp³-hybridized carbons (Fsp3) is 0.875. The Balaban J connectivity index is 3.84. The van der Waals surface area contributed by atoms with Crippen molar-refractivity contribution in [2.24, 2.45) is 0 Å². The van der Waals surface area contributed by atoms with Crippen molar-refractivity contribution in [3.8, 4) is 12.3 Å². The van der Waals surface area contributed by atoms with Gasteiger partial charge in [0.15, 0.2) is 0 Å². The molecule has 0 spiro atoms. The molecule has 2 unspecified atom stereocenters. The number of hydrogen-bond donors (Lipinski definition) is 2. The van der Waals surface area contributed by atoms with Crippen LogP contribution in [-0.4, -0.2) is 74.5 Å². The van der Waals surface area contributed by atoms with Crippen LogP contribution in [0.3, 0.4) is 0 Å². The van der Waals surface area contributed by atoms with Crippen molar-refractivity contribution in [1.82, 2.24) is 5.32 Å². The Morgan fingerprint density at radius 1 is 1.06 bits per heavy atom. The second-order valence-corrected chi connectivity index (χ2v) is 8.51. The van der Waals surface area contributed by atoms with Crippen LogP contribution in [0.5, 0.6) is 0 Å². The van der Waals surface area contributed by atoms with Crippen molar-refractivity contribution < 1.29 is 28.8 Å². The van der Waals surface area contributed by atoms with E-state index in [1.165, 1.54) is 0 Å². The van der Waals surface area contributed by atoms with Crippen molar-refractivity contribution in [2.75, 3.05) is 46.2 Å². The summed E-state index contributed by atoms with van der Waals surface area (Å²) in [4.78, 5) is 12.0. The van der Waals surface area contributed by atoms with Gasteiger partial charge in [0, 0.05) is 26.0 Å². The van der Waals surface area contributed by atoms with E-state index in [4.69, 9.17) is 30.5 Å². The quantitative estimate of drug-likeness (QED) is 0.222. The molecule has 0 bridgehead atoms. The van der Waals surface area contributed by atoms with Gasteiger partial charge >= 0.3 is 0 Å². The van der Waals surface area contributed by atoms with Gasteiger partial charge in [-0.1, -0.05) is 13.8 Å². The predicted octanol–water partition coefficient (Wildman–Crippen LogP) is 3.08. The highest BCUT2D eigenvalue weighted by Crippen LogP contribution is 2.19. The van der Waals surface area contributed by atoms with E-state index in [-0.39, 0.29) is 29.8 Å². The number of nitrogens with one attached hydrogen (secondary N) is 1. The lowest BCUT2D eigenvalue weighted by molar-refractivity contribution is -0.122. The van der Waals surface area contributed by atoms with Gasteiger partial charge < -0.3 is 29.4 Å². The molecule has 0 aliphatic carbocycles. The number of ether oxygens (including phenoxy) is 4. The van der Waals surface area contributed by atoms with E-state index in [1.807, 2.05) is 27.7 Å². The average molecular weight is 444 g/mol. The Hall–Kier alpha value is -1.17. The van der Waals surface area contributed by atoms with E-state index in [1.54, 1.807) is 0 Å². The van der Waals surface area contributed by atoms with Crippen LogP contribution in [0.4, 0.5) is 0 Å². The molecular formula is C24H45NO6. The second-order valence-electron chi connectivity index (χ2n) is 8.51. The minimum atomic E-state index is -0.331. The molecule has 0 aliphatic heterocycles. The molecule has 0 saturated heterocycles. The first-order valence-corrected chi connectivity index (χ1v) is 11.5. The van der Waals surface area contributed by atoms with Crippen LogP contribution >= 0.6 is 0 Å². The highest BCUT2D eigenvalue weighted by molar-refractivity contribution is 5.75. The molecule has 0 rings (SSSR count). The maximum atomic E-state index is 12.0. The molecule has 182 valence electrons. The number of hydrogen-bond acceptors (Lipinski definition) is 6. The van der Waals surface area contributed by atoms with E-state index in [9.17, 15) is 4.79 Å². The number of carbonyl (C=O) groups is 1. The summed E-state index contributed by atoms with van der Waals surface area (Å²) in [6, 6.07) is 0. The molecular weight excluding hydrogens is 398 g/mol. The molecule has 0 radical (unpaired) electrons. The smallest absolute Gasteiger partial charge is 0.222 e. The number of aliphatic hydroxyl groups excluding tert-OH is 1. The molecule has 0 aromatic heterocycles. The zero-order valence-electron chi connectivity index (χ0n) is 20.3. The number of rotatable bonds is 20. The molecule has 1 amide bonds. The largest absolute Gasteiger partial charge is 0.394 e. The Morgan fingerprint density at radius 3 is 2.42 bits per heavy atom. The Morgan fingerprint density at radius 2 is 1.81 bits per heavy atom. The summed E-state index contributed by atoms with van der Waals surface area (Å²) >= 11 is 0. The van der Waals surface area contributed by atoms with Crippen molar-refractivity contribution in [1.29, 1.82) is 0 Å². The minimum absolute atomic E-state index is 0.000736. The van der Waals surface area contributed by atoms with Gasteiger partial charge in [-0.05, 0) is 46.5 Å². The molecule has 7 heteroatoms. The minimum Gasteiger partial charge on any atom is -0.394 e. The van der Waals surface area contributed by atoms with Gasteiger partial charge in [-0.2, -0.15) is 0 Å². The third kappa shape index (κ3) is 16.2. The summed E-state index contributed by atoms with van der Waals surface area (Å²) in [6.07, 6.45) is 9.51. The summed E-state index contributed by atoms with van der Waals surface area (Å²) in [6.45, 7) is 12.9. The molecule has 0 saturated carbocycles. The van der Waals surface area contributed by atoms with Crippen LogP contribution in [0, 0.1) is 12.3 Å². The molecule has 0 aromatic carbocycles. The van der Waals surface area contributed by atoms with E-state index in [0.717, 1.165) is 19.3 Å². The van der Waals surface area contributed by atoms with Crippen LogP contribution in [0.2, 0.25) is 0 Å². The molecule has 2 atom stereocenters. The Labute approximate surface area is 189 Å². The van der Waals surface area contributed by atoms with Crippen molar-refractivity contribution in [3.63, 3.8) is 0 Å². The lowest BCUT2D eigenvalue weighted by atomic mass is 9.99. The van der Waals surface area contributed by atoms with Crippen molar-refractivity contribution in [3.05, 3.63) is 0 Å². The normalized spacial score (nSPS) is 14.6. The standard InChI is InChI=1S/C24H45NO6/c1-7-10-21(8-2)29-19-20-30-23(4,5)13-17-28-16-11-22(27)25-14-12-24(6,9-3)31-18-15-26/h1,21,26H,8-20H2,2-6H3,(H,25,27). The van der Waals surface area contributed by atoms with Gasteiger partial charge in [0.1, 0.15) is 0 Å². The first-order valence-electron chi connectivity index (χ1n) is 11.5. The van der Waals surface area contributed by atoms with Crippen LogP contribution in [-0.2, 0) is 23.7 Å². The highest BCUT2D eigenvalue weighted by Gasteiger charge is 2.22. The van der Waals surface area contributed by atoms with Gasteiger partial charge in [-0.25, -0.2) is 0 Å². The lowest BCUT2D eigenvalue weighted by Crippen LogP contribution is -2.35. The number of aliphatic hydroxyl groups is 1. The third-order valence-electron chi connectivity index (χ3n) is 5.32. The first kappa shape index (κ1) is 29.8. The summed E-state index contributed by atoms with van der Waals surface area (Å²) < 4.78 is 22.9. The Bertz CT molecular complexity index is 505. The maximum absolute atomic E-state index is 12.0. The van der Waals surface area contributed by atoms with Crippen LogP contribution in [0.25, 0.3) is 0 Å². The Kier molecular flexibility index (Phi) is 16.7. The van der Waals surface area contributed by atoms with Crippen molar-refractivity contribution in [2.45, 2.75) is 90.4 Å². The van der Waals surface area contributed by atoms with Gasteiger partial charge in [-0.15, -0.1) is 12.3 Å². The van der Waals surface area contributed by atoms with E-state index >= 15 is 0 Å². The summed E-state index contributed by atoms with van der Waals surface area (Å²) in [5.41, 5.74) is -0.652. The predicted molar refractivity (Wildman–Crippen MR) is 123 cm³/mol. The van der Waals surface area contributed by atoms with Crippen molar-refractivity contribution >= 4 is 5.91 Å². The summed E-state index contributed by atoms with van der Waals surface area (Å²) in [7, 11) is 0. The van der Waals surface area contributed by atoms with E-state index in [2.05, 4.69) is 18.2 Å². The SMILES string of the molecule is C#CCC(CC)OCCOC(C)(C)CCOCCC(=O)NCCC(C)(CC)OCCO. The zero-order chi connectivity index (χ0) is 23.6. The average Bonchev–Trinajstić information content (AvgIpc) is 2.74. The summed E-state index contributed by atoms with van der Waals surface area (Å²) in [5, 5.41) is 11.8. The third-order valence-corrected chi connectivity index (χ3v) is 5.32. The zero-order valence-corrected chi connectivity index (χ0v) is 20.3. The molecule has 7 nitrogen and oxygen atoms in total. The molecule has 0 heterocycles. The number of terminal acetylenes is 1. The maximum Gasteiger partial charge on any atom is 0.222 e. The van der Waals surface area contributed by atoms with Gasteiger partial charge in [-0.3, -0.25) is 4.79 Å². The van der Waals surface area contributed by atoms with E-state index < -0.39 is 0 Å². The summed E-state index contributed by atoms with van der Waals surface area (Å²) in [5.74, 6) is 2.59. The van der Waals surface area contributed by atoms with Crippen LogP contribution in [0.1, 0.15) is 73.1 Å². The number of carbonyl (C=O) groups excluding carboxylic acids is 1. The molecule has 0 fully saturated rings. The fourth-order valence-electron chi connectivity index (χ4n) is 2.84. The van der Waals surface area contributed by atoms with Crippen LogP contribution in [0.15, 0.2) is 0 Å². The monoisotopic (exact) mass is 443 g/mol. The molecule has 0 aromatic rings. The van der Waals surface area contributed by atoms with Crippen LogP contribution < -0.4 is 5.32 Å². The van der Waals surface area contributed by atoms with Gasteiger partial charge in [0.25, 0.3) is 0 Å². The second kappa shape index (κ2) is 17.4. The van der Waals surface area contributed by atoms with Gasteiger partial charge in [0.2, 0.25) is 5.91 Å². The molecule has 0 aliphatic rings. The highest BCUT2D eigenvalue weighted by atomic mass is 16.5. The van der Waals surface area contributed by atoms with Gasteiger partial charge in [0.05, 0.1) is 50.3 Å². The molecule has 2 N–H and O–H groups in total.